The van der Waals surface area contributed by atoms with Crippen LogP contribution >= 0.6 is 0 Å². The average molecular weight is 511 g/mol. The first-order valence-corrected chi connectivity index (χ1v) is 13.5. The van der Waals surface area contributed by atoms with Crippen LogP contribution in [0.1, 0.15) is 64.6 Å². The maximum Gasteiger partial charge on any atom is 0.224 e. The topological polar surface area (TPSA) is 112 Å². The Labute approximate surface area is 204 Å². The quantitative estimate of drug-likeness (QED) is 0.508. The van der Waals surface area contributed by atoms with E-state index >= 15 is 0 Å². The summed E-state index contributed by atoms with van der Waals surface area (Å²) in [6.45, 7) is 5.72. The molecule has 1 amide bonds. The first-order chi connectivity index (χ1) is 16.5. The highest BCUT2D eigenvalue weighted by atomic mass is 32.2. The van der Waals surface area contributed by atoms with Crippen LogP contribution in [0.5, 0.6) is 0 Å². The van der Waals surface area contributed by atoms with Crippen molar-refractivity contribution >= 4 is 21.7 Å². The van der Waals surface area contributed by atoms with Gasteiger partial charge in [0.2, 0.25) is 15.9 Å². The number of sulfonamides is 1. The van der Waals surface area contributed by atoms with Crippen LogP contribution in [0.15, 0.2) is 24.4 Å². The lowest BCUT2D eigenvalue weighted by Gasteiger charge is -2.34. The van der Waals surface area contributed by atoms with E-state index in [-0.39, 0.29) is 36.1 Å². The lowest BCUT2D eigenvalue weighted by molar-refractivity contribution is -0.137. The summed E-state index contributed by atoms with van der Waals surface area (Å²) in [6, 6.07) is 2.06. The molecular formula is C24H32F2N4O4S. The van der Waals surface area contributed by atoms with Gasteiger partial charge in [-0.2, -0.15) is 0 Å². The van der Waals surface area contributed by atoms with Gasteiger partial charge >= 0.3 is 0 Å². The largest absolute Gasteiger partial charge is 0.342 e. The standard InChI is InChI=1S/C24H32F2N4O4S/c1-4-35(33,34)29-20(13-23(32)30-10-6-5-7-16(30)3)22(31)11-15(2)24-27-14-21(28-24)18-9-8-17(25)12-19(18)26/h8-9,12,14-16,20,29H,4-7,10-11,13H2,1-3H3,(H,27,28)/t15-,16+,20+/m1/s1. The average Bonchev–Trinajstić information content (AvgIpc) is 3.29. The molecule has 2 aromatic rings. The number of aromatic amines is 1. The van der Waals surface area contributed by atoms with Crippen molar-refractivity contribution in [3.63, 3.8) is 0 Å². The van der Waals surface area contributed by atoms with Crippen molar-refractivity contribution in [2.75, 3.05) is 12.3 Å². The van der Waals surface area contributed by atoms with E-state index in [1.165, 1.54) is 19.2 Å². The summed E-state index contributed by atoms with van der Waals surface area (Å²) < 4.78 is 54.2. The summed E-state index contributed by atoms with van der Waals surface area (Å²) in [5.74, 6) is -2.41. The molecule has 1 aliphatic heterocycles. The number of halogens is 2. The first kappa shape index (κ1) is 26.9. The highest BCUT2D eigenvalue weighted by molar-refractivity contribution is 7.89. The first-order valence-electron chi connectivity index (χ1n) is 11.8. The molecule has 0 spiro atoms. The van der Waals surface area contributed by atoms with Crippen LogP contribution in [0.4, 0.5) is 8.78 Å². The summed E-state index contributed by atoms with van der Waals surface area (Å²) in [4.78, 5) is 35.0. The molecule has 1 aromatic heterocycles. The third-order valence-corrected chi connectivity index (χ3v) is 7.79. The molecule has 1 aliphatic rings. The third kappa shape index (κ3) is 6.94. The number of imidazole rings is 1. The van der Waals surface area contributed by atoms with Crippen LogP contribution in [-0.4, -0.2) is 59.4 Å². The molecule has 0 bridgehead atoms. The van der Waals surface area contributed by atoms with Crippen LogP contribution in [0.25, 0.3) is 11.3 Å². The van der Waals surface area contributed by atoms with Crippen LogP contribution in [0.2, 0.25) is 0 Å². The second kappa shape index (κ2) is 11.4. The molecule has 0 unspecified atom stereocenters. The molecule has 11 heteroatoms. The minimum Gasteiger partial charge on any atom is -0.342 e. The van der Waals surface area contributed by atoms with E-state index < -0.39 is 39.4 Å². The number of benzene rings is 1. The normalized spacial score (nSPS) is 18.3. The summed E-state index contributed by atoms with van der Waals surface area (Å²) in [5.41, 5.74) is 0.466. The smallest absolute Gasteiger partial charge is 0.224 e. The fourth-order valence-electron chi connectivity index (χ4n) is 4.25. The predicted molar refractivity (Wildman–Crippen MR) is 128 cm³/mol. The number of likely N-dealkylation sites (tertiary alicyclic amines) is 1. The molecule has 3 atom stereocenters. The summed E-state index contributed by atoms with van der Waals surface area (Å²) >= 11 is 0. The van der Waals surface area contributed by atoms with Crippen molar-refractivity contribution < 1.29 is 26.8 Å². The van der Waals surface area contributed by atoms with E-state index in [2.05, 4.69) is 14.7 Å². The minimum absolute atomic E-state index is 0.0436. The molecule has 1 fully saturated rings. The van der Waals surface area contributed by atoms with Crippen LogP contribution in [-0.2, 0) is 19.6 Å². The third-order valence-electron chi connectivity index (χ3n) is 6.38. The molecule has 0 radical (unpaired) electrons. The van der Waals surface area contributed by atoms with Crippen molar-refractivity contribution in [2.45, 2.75) is 70.9 Å². The van der Waals surface area contributed by atoms with Gasteiger partial charge in [-0.3, -0.25) is 9.59 Å². The lowest BCUT2D eigenvalue weighted by Crippen LogP contribution is -2.48. The van der Waals surface area contributed by atoms with Gasteiger partial charge in [-0.15, -0.1) is 0 Å². The Balaban J connectivity index is 1.73. The summed E-state index contributed by atoms with van der Waals surface area (Å²) in [6.07, 6.45) is 3.84. The number of nitrogens with zero attached hydrogens (tertiary/aromatic N) is 2. The number of H-pyrrole nitrogens is 1. The predicted octanol–water partition coefficient (Wildman–Crippen LogP) is 3.52. The van der Waals surface area contributed by atoms with Crippen LogP contribution < -0.4 is 4.72 Å². The van der Waals surface area contributed by atoms with Gasteiger partial charge in [-0.25, -0.2) is 26.9 Å². The van der Waals surface area contributed by atoms with Gasteiger partial charge in [0.05, 0.1) is 30.1 Å². The molecule has 192 valence electrons. The Morgan fingerprint density at radius 1 is 1.26 bits per heavy atom. The number of aromatic nitrogens is 2. The zero-order chi connectivity index (χ0) is 25.8. The van der Waals surface area contributed by atoms with Gasteiger partial charge < -0.3 is 9.88 Å². The molecule has 1 saturated heterocycles. The number of amides is 1. The number of ketones is 1. The summed E-state index contributed by atoms with van der Waals surface area (Å²) in [7, 11) is -3.73. The fourth-order valence-corrected chi connectivity index (χ4v) is 5.07. The maximum absolute atomic E-state index is 14.1. The molecule has 0 aliphatic carbocycles. The van der Waals surface area contributed by atoms with Crippen LogP contribution in [0.3, 0.4) is 0 Å². The van der Waals surface area contributed by atoms with Crippen LogP contribution in [0, 0.1) is 11.6 Å². The number of piperidine rings is 1. The zero-order valence-electron chi connectivity index (χ0n) is 20.2. The molecular weight excluding hydrogens is 478 g/mol. The van der Waals surface area contributed by atoms with E-state index in [1.807, 2.05) is 6.92 Å². The van der Waals surface area contributed by atoms with E-state index in [4.69, 9.17) is 0 Å². The van der Waals surface area contributed by atoms with Crippen molar-refractivity contribution in [2.24, 2.45) is 0 Å². The van der Waals surface area contributed by atoms with Crippen molar-refractivity contribution in [1.29, 1.82) is 0 Å². The van der Waals surface area contributed by atoms with Crippen molar-refractivity contribution in [3.05, 3.63) is 41.9 Å². The van der Waals surface area contributed by atoms with E-state index in [0.29, 0.717) is 18.1 Å². The maximum atomic E-state index is 14.1. The Morgan fingerprint density at radius 3 is 2.66 bits per heavy atom. The second-order valence-electron chi connectivity index (χ2n) is 9.09. The van der Waals surface area contributed by atoms with Gasteiger partial charge in [0.25, 0.3) is 0 Å². The van der Waals surface area contributed by atoms with Gasteiger partial charge in [-0.05, 0) is 45.2 Å². The Kier molecular flexibility index (Phi) is 8.76. The highest BCUT2D eigenvalue weighted by Gasteiger charge is 2.31. The highest BCUT2D eigenvalue weighted by Crippen LogP contribution is 2.26. The van der Waals surface area contributed by atoms with Gasteiger partial charge in [0, 0.05) is 36.6 Å². The number of rotatable bonds is 10. The Hall–Kier alpha value is -2.66. The number of nitrogens with one attached hydrogen (secondary N) is 2. The number of carbonyl (C=O) groups excluding carboxylic acids is 2. The van der Waals surface area contributed by atoms with Gasteiger partial charge in [0.15, 0.2) is 5.78 Å². The zero-order valence-corrected chi connectivity index (χ0v) is 21.0. The minimum atomic E-state index is -3.73. The van der Waals surface area contributed by atoms with E-state index in [0.717, 1.165) is 31.4 Å². The Morgan fingerprint density at radius 2 is 2.00 bits per heavy atom. The lowest BCUT2D eigenvalue weighted by atomic mass is 9.97. The number of carbonyl (C=O) groups is 2. The number of Topliss-reactive ketones (excluding diaryl/α,β-unsaturated/α-hetero) is 1. The van der Waals surface area contributed by atoms with E-state index in [1.54, 1.807) is 11.8 Å². The van der Waals surface area contributed by atoms with Gasteiger partial charge in [0.1, 0.15) is 17.5 Å². The molecule has 2 heterocycles. The number of hydrogen-bond donors (Lipinski definition) is 2. The fraction of sp³-hybridized carbons (Fsp3) is 0.542. The molecule has 3 rings (SSSR count). The molecule has 8 nitrogen and oxygen atoms in total. The monoisotopic (exact) mass is 510 g/mol. The van der Waals surface area contributed by atoms with Crippen molar-refractivity contribution in [1.82, 2.24) is 19.6 Å². The summed E-state index contributed by atoms with van der Waals surface area (Å²) in [5, 5.41) is 0. The molecule has 2 N–H and O–H groups in total. The van der Waals surface area contributed by atoms with E-state index in [9.17, 15) is 26.8 Å². The second-order valence-corrected chi connectivity index (χ2v) is 11.1. The molecule has 0 saturated carbocycles. The number of hydrogen-bond acceptors (Lipinski definition) is 5. The molecule has 1 aromatic carbocycles. The van der Waals surface area contributed by atoms with Gasteiger partial charge in [-0.1, -0.05) is 6.92 Å². The van der Waals surface area contributed by atoms with Crippen molar-refractivity contribution in [3.8, 4) is 11.3 Å². The Bertz CT molecular complexity index is 1170. The molecule has 35 heavy (non-hydrogen) atoms. The SMILES string of the molecule is CCS(=O)(=O)N[C@@H](CC(=O)N1CCCC[C@@H]1C)C(=O)C[C@@H](C)c1ncc(-c2ccc(F)cc2F)[nH]1.